The minimum Gasteiger partial charge on any atom is -0.319 e. The summed E-state index contributed by atoms with van der Waals surface area (Å²) in [4.78, 5) is 35.3. The first-order valence-electron chi connectivity index (χ1n) is 12.3. The smallest absolute Gasteiger partial charge is 0.319 e. The van der Waals surface area contributed by atoms with Crippen LogP contribution in [0.3, 0.4) is 0 Å². The van der Waals surface area contributed by atoms with E-state index in [0.717, 1.165) is 36.1 Å². The number of aliphatic imine (C=N–C) groups is 2. The molecule has 0 heterocycles. The quantitative estimate of drug-likeness (QED) is 0.271. The molecule has 34 heavy (non-hydrogen) atoms. The maximum atomic E-state index is 13.1. The van der Waals surface area contributed by atoms with Gasteiger partial charge in [-0.1, -0.05) is 32.3 Å². The van der Waals surface area contributed by atoms with Gasteiger partial charge in [0.25, 0.3) is 0 Å². The molecule has 1 saturated carbocycles. The molecule has 0 saturated heterocycles. The zero-order chi connectivity index (χ0) is 25.1. The van der Waals surface area contributed by atoms with Gasteiger partial charge in [-0.15, -0.1) is 0 Å². The number of nitrogens with zero attached hydrogens (tertiary/aromatic N) is 3. The second-order valence-electron chi connectivity index (χ2n) is 9.19. The summed E-state index contributed by atoms with van der Waals surface area (Å²) in [6.45, 7) is 10.6. The van der Waals surface area contributed by atoms with Crippen molar-refractivity contribution < 1.29 is 9.59 Å². The van der Waals surface area contributed by atoms with Gasteiger partial charge in [-0.25, -0.2) is 9.79 Å². The van der Waals surface area contributed by atoms with Crippen LogP contribution in [0, 0.1) is 11.3 Å². The summed E-state index contributed by atoms with van der Waals surface area (Å²) < 4.78 is 0. The summed E-state index contributed by atoms with van der Waals surface area (Å²) >= 11 is 0. The number of hydrogen-bond acceptors (Lipinski definition) is 5. The van der Waals surface area contributed by atoms with Gasteiger partial charge in [0.2, 0.25) is 12.4 Å². The van der Waals surface area contributed by atoms with E-state index in [1.54, 1.807) is 11.8 Å². The molecule has 0 radical (unpaired) electrons. The maximum absolute atomic E-state index is 13.1. The molecular formula is C26H40N6O2. The molecule has 1 atom stereocenters. The molecule has 3 N–H and O–H groups in total. The fraction of sp³-hybridized carbons (Fsp3) is 0.577. The van der Waals surface area contributed by atoms with Crippen LogP contribution in [0.5, 0.6) is 0 Å². The Kier molecular flexibility index (Phi) is 10.9. The number of guanidine groups is 1. The van der Waals surface area contributed by atoms with E-state index < -0.39 is 0 Å². The Morgan fingerprint density at radius 1 is 1.29 bits per heavy atom. The lowest BCUT2D eigenvalue weighted by atomic mass is 9.89. The number of hydrogen-bond donors (Lipinski definition) is 3. The lowest BCUT2D eigenvalue weighted by molar-refractivity contribution is -0.108. The van der Waals surface area contributed by atoms with Crippen molar-refractivity contribution in [2.24, 2.45) is 15.9 Å². The van der Waals surface area contributed by atoms with Gasteiger partial charge in [-0.3, -0.25) is 20.4 Å². The molecule has 0 spiro atoms. The predicted molar refractivity (Wildman–Crippen MR) is 140 cm³/mol. The summed E-state index contributed by atoms with van der Waals surface area (Å²) in [5.41, 5.74) is 3.79. The van der Waals surface area contributed by atoms with Gasteiger partial charge in [-0.2, -0.15) is 0 Å². The van der Waals surface area contributed by atoms with Crippen molar-refractivity contribution in [2.45, 2.75) is 79.2 Å². The third kappa shape index (κ3) is 8.39. The van der Waals surface area contributed by atoms with E-state index in [-0.39, 0.29) is 24.6 Å². The van der Waals surface area contributed by atoms with E-state index in [4.69, 9.17) is 10.4 Å². The van der Waals surface area contributed by atoms with E-state index in [1.807, 2.05) is 32.1 Å². The van der Waals surface area contributed by atoms with E-state index >= 15 is 0 Å². The maximum Gasteiger partial charge on any atom is 0.324 e. The molecule has 0 aromatic rings. The lowest BCUT2D eigenvalue weighted by Gasteiger charge is -2.29. The molecule has 1 unspecified atom stereocenters. The Bertz CT molecular complexity index is 906. The molecule has 8 nitrogen and oxygen atoms in total. The third-order valence-corrected chi connectivity index (χ3v) is 6.18. The normalized spacial score (nSPS) is 20.4. The Labute approximate surface area is 203 Å². The van der Waals surface area contributed by atoms with Crippen LogP contribution in [0.2, 0.25) is 0 Å². The van der Waals surface area contributed by atoms with E-state index in [0.29, 0.717) is 30.3 Å². The van der Waals surface area contributed by atoms with E-state index in [9.17, 15) is 9.59 Å². The van der Waals surface area contributed by atoms with Gasteiger partial charge in [0.05, 0.1) is 18.0 Å². The van der Waals surface area contributed by atoms with Crippen LogP contribution in [0.15, 0.2) is 45.1 Å². The summed E-state index contributed by atoms with van der Waals surface area (Å²) in [6.07, 6.45) is 13.1. The van der Waals surface area contributed by atoms with Crippen LogP contribution >= 0.6 is 0 Å². The largest absolute Gasteiger partial charge is 0.324 e. The van der Waals surface area contributed by atoms with Crippen LogP contribution in [0.25, 0.3) is 0 Å². The SMILES string of the molecule is C/C=C1/C=C(N=C(NC=O)NC(=O)N(CC(C)=N)CC2CCCCC2)C(C)=CC1=NC(C)CC. The molecule has 2 aliphatic carbocycles. The first-order valence-corrected chi connectivity index (χ1v) is 12.3. The van der Waals surface area contributed by atoms with Crippen molar-refractivity contribution in [1.29, 1.82) is 5.41 Å². The number of rotatable bonds is 8. The number of amides is 3. The fourth-order valence-electron chi connectivity index (χ4n) is 4.13. The summed E-state index contributed by atoms with van der Waals surface area (Å²) in [5, 5.41) is 13.2. The Balaban J connectivity index is 2.24. The van der Waals surface area contributed by atoms with Crippen molar-refractivity contribution >= 4 is 29.8 Å². The number of carbonyl (C=O) groups excluding carboxylic acids is 2. The minimum absolute atomic E-state index is 0.0630. The van der Waals surface area contributed by atoms with Crippen LogP contribution in [0.4, 0.5) is 4.79 Å². The summed E-state index contributed by atoms with van der Waals surface area (Å²) in [5.74, 6) is 0.498. The molecule has 3 amide bonds. The molecular weight excluding hydrogens is 428 g/mol. The van der Waals surface area contributed by atoms with Gasteiger partial charge in [-0.05, 0) is 76.2 Å². The molecule has 8 heteroatoms. The van der Waals surface area contributed by atoms with Gasteiger partial charge >= 0.3 is 6.03 Å². The van der Waals surface area contributed by atoms with Gasteiger partial charge in [0.1, 0.15) is 0 Å². The predicted octanol–water partition coefficient (Wildman–Crippen LogP) is 4.75. The monoisotopic (exact) mass is 468 g/mol. The molecule has 0 aliphatic heterocycles. The van der Waals surface area contributed by atoms with Crippen molar-refractivity contribution in [3.63, 3.8) is 0 Å². The van der Waals surface area contributed by atoms with Gasteiger partial charge in [0.15, 0.2) is 0 Å². The fourth-order valence-corrected chi connectivity index (χ4v) is 4.13. The second-order valence-corrected chi connectivity index (χ2v) is 9.19. The van der Waals surface area contributed by atoms with Crippen molar-refractivity contribution in [3.05, 3.63) is 35.1 Å². The Hall–Kier alpha value is -3.03. The number of nitrogens with one attached hydrogen (secondary N) is 3. The van der Waals surface area contributed by atoms with Gasteiger partial charge in [0, 0.05) is 18.3 Å². The summed E-state index contributed by atoms with van der Waals surface area (Å²) in [7, 11) is 0. The molecule has 0 aromatic heterocycles. The topological polar surface area (TPSA) is 110 Å². The minimum atomic E-state index is -0.367. The first-order chi connectivity index (χ1) is 16.3. The number of urea groups is 1. The number of carbonyl (C=O) groups is 2. The van der Waals surface area contributed by atoms with E-state index in [2.05, 4.69) is 29.5 Å². The first kappa shape index (κ1) is 27.2. The molecule has 186 valence electrons. The summed E-state index contributed by atoms with van der Waals surface area (Å²) in [6, 6.07) is -0.153. The van der Waals surface area contributed by atoms with Gasteiger partial charge < -0.3 is 10.3 Å². The van der Waals surface area contributed by atoms with Crippen molar-refractivity contribution in [3.8, 4) is 0 Å². The van der Waals surface area contributed by atoms with Crippen molar-refractivity contribution in [1.82, 2.24) is 15.5 Å². The molecule has 2 rings (SSSR count). The Morgan fingerprint density at radius 3 is 2.59 bits per heavy atom. The molecule has 1 fully saturated rings. The highest BCUT2D eigenvalue weighted by Crippen LogP contribution is 2.25. The zero-order valence-electron chi connectivity index (χ0n) is 21.3. The van der Waals surface area contributed by atoms with Crippen molar-refractivity contribution in [2.75, 3.05) is 13.1 Å². The second kappa shape index (κ2) is 13.6. The average Bonchev–Trinajstić information content (AvgIpc) is 2.80. The molecule has 0 bridgehead atoms. The van der Waals surface area contributed by atoms with Crippen LogP contribution in [-0.4, -0.2) is 53.9 Å². The average molecular weight is 469 g/mol. The van der Waals surface area contributed by atoms with Crippen LogP contribution in [-0.2, 0) is 4.79 Å². The highest BCUT2D eigenvalue weighted by Gasteiger charge is 2.23. The highest BCUT2D eigenvalue weighted by atomic mass is 16.2. The van der Waals surface area contributed by atoms with Crippen LogP contribution in [0.1, 0.15) is 73.1 Å². The number of allylic oxidation sites excluding steroid dienone is 5. The lowest BCUT2D eigenvalue weighted by Crippen LogP contribution is -2.50. The zero-order valence-corrected chi connectivity index (χ0v) is 21.3. The molecule has 0 aromatic carbocycles. The molecule has 2 aliphatic rings. The van der Waals surface area contributed by atoms with E-state index in [1.165, 1.54) is 19.3 Å². The highest BCUT2D eigenvalue weighted by molar-refractivity contribution is 6.12. The van der Waals surface area contributed by atoms with Crippen LogP contribution < -0.4 is 10.6 Å². The standard InChI is InChI=1S/C26H40N6O2/c1-6-20(5)29-24-13-18(3)23(14-22(24)7-2)30-25(28-17-33)31-26(34)32(15-19(4)27)16-21-11-9-8-10-12-21/h7,13-14,17,20-21,27H,6,8-12,15-16H2,1-5H3,(H2,28,30,31,33,34)/b22-7-,27-19?,29-24?. The Morgan fingerprint density at radius 2 is 2.00 bits per heavy atom. The third-order valence-electron chi connectivity index (χ3n) is 6.18.